The van der Waals surface area contributed by atoms with Gasteiger partial charge in [-0.25, -0.2) is 4.68 Å². The Balaban J connectivity index is 1.75. The standard InChI is InChI=1S/C18H16BrCl2N5O/c1-2-8-26-18(23-24-25-26)22-10-12-9-13(19)6-7-17(12)27-11-14-15(20)4-3-5-16(14)21/h2-7,9H,1,8,10-11H2,(H,22,23,25). The first-order valence-electron chi connectivity index (χ1n) is 8.03. The summed E-state index contributed by atoms with van der Waals surface area (Å²) in [6.45, 7) is 4.95. The summed E-state index contributed by atoms with van der Waals surface area (Å²) in [4.78, 5) is 0. The van der Waals surface area contributed by atoms with Crippen LogP contribution >= 0.6 is 39.1 Å². The number of hydrogen-bond acceptors (Lipinski definition) is 5. The first-order valence-corrected chi connectivity index (χ1v) is 9.58. The minimum absolute atomic E-state index is 0.265. The molecule has 1 aromatic heterocycles. The van der Waals surface area contributed by atoms with Gasteiger partial charge in [-0.1, -0.05) is 56.4 Å². The number of anilines is 1. The minimum Gasteiger partial charge on any atom is -0.488 e. The maximum Gasteiger partial charge on any atom is 0.243 e. The molecule has 0 aliphatic carbocycles. The lowest BCUT2D eigenvalue weighted by atomic mass is 10.2. The normalized spacial score (nSPS) is 10.6. The zero-order chi connectivity index (χ0) is 19.2. The van der Waals surface area contributed by atoms with Crippen molar-refractivity contribution in [3.63, 3.8) is 0 Å². The van der Waals surface area contributed by atoms with Gasteiger partial charge in [-0.2, -0.15) is 0 Å². The van der Waals surface area contributed by atoms with Gasteiger partial charge in [-0.05, 0) is 40.8 Å². The zero-order valence-corrected chi connectivity index (χ0v) is 17.3. The minimum atomic E-state index is 0.265. The summed E-state index contributed by atoms with van der Waals surface area (Å²) in [5.41, 5.74) is 1.68. The molecule has 0 atom stereocenters. The number of rotatable bonds is 8. The van der Waals surface area contributed by atoms with E-state index < -0.39 is 0 Å². The fourth-order valence-corrected chi connectivity index (χ4v) is 3.31. The summed E-state index contributed by atoms with van der Waals surface area (Å²) in [5.74, 6) is 1.26. The second-order valence-electron chi connectivity index (χ2n) is 5.57. The molecule has 0 unspecified atom stereocenters. The third-order valence-corrected chi connectivity index (χ3v) is 4.93. The molecule has 3 rings (SSSR count). The second kappa shape index (κ2) is 9.21. The summed E-state index contributed by atoms with van der Waals surface area (Å²) >= 11 is 15.9. The number of hydrogen-bond donors (Lipinski definition) is 1. The van der Waals surface area contributed by atoms with E-state index in [1.165, 1.54) is 0 Å². The van der Waals surface area contributed by atoms with Gasteiger partial charge in [0.25, 0.3) is 0 Å². The third kappa shape index (κ3) is 5.00. The van der Waals surface area contributed by atoms with E-state index >= 15 is 0 Å². The van der Waals surface area contributed by atoms with E-state index in [9.17, 15) is 0 Å². The third-order valence-electron chi connectivity index (χ3n) is 3.73. The van der Waals surface area contributed by atoms with Gasteiger partial charge in [-0.3, -0.25) is 0 Å². The van der Waals surface area contributed by atoms with Gasteiger partial charge in [0, 0.05) is 32.2 Å². The Kier molecular flexibility index (Phi) is 6.71. The van der Waals surface area contributed by atoms with Crippen molar-refractivity contribution in [2.45, 2.75) is 19.7 Å². The molecule has 0 fully saturated rings. The summed E-state index contributed by atoms with van der Waals surface area (Å²) in [6.07, 6.45) is 1.72. The number of ether oxygens (including phenoxy) is 1. The highest BCUT2D eigenvalue weighted by molar-refractivity contribution is 9.10. The topological polar surface area (TPSA) is 64.9 Å². The summed E-state index contributed by atoms with van der Waals surface area (Å²) in [5, 5.41) is 15.9. The van der Waals surface area contributed by atoms with Gasteiger partial charge in [-0.15, -0.1) is 6.58 Å². The van der Waals surface area contributed by atoms with Crippen LogP contribution in [0, 0.1) is 0 Å². The molecule has 0 bridgehead atoms. The Hall–Kier alpha value is -2.09. The molecule has 27 heavy (non-hydrogen) atoms. The van der Waals surface area contributed by atoms with Crippen molar-refractivity contribution >= 4 is 45.1 Å². The lowest BCUT2D eigenvalue weighted by Crippen LogP contribution is -2.09. The molecule has 2 aromatic carbocycles. The number of halogens is 3. The van der Waals surface area contributed by atoms with Crippen molar-refractivity contribution in [1.82, 2.24) is 20.2 Å². The van der Waals surface area contributed by atoms with Crippen LogP contribution < -0.4 is 10.1 Å². The van der Waals surface area contributed by atoms with Crippen molar-refractivity contribution < 1.29 is 4.74 Å². The molecule has 3 aromatic rings. The Labute approximate surface area is 175 Å². The number of nitrogens with zero attached hydrogens (tertiary/aromatic N) is 4. The van der Waals surface area contributed by atoms with E-state index in [0.29, 0.717) is 34.8 Å². The largest absolute Gasteiger partial charge is 0.488 e. The predicted octanol–water partition coefficient (Wildman–Crippen LogP) is 5.12. The molecule has 0 amide bonds. The van der Waals surface area contributed by atoms with Crippen LogP contribution in [-0.2, 0) is 19.7 Å². The zero-order valence-electron chi connectivity index (χ0n) is 14.2. The van der Waals surface area contributed by atoms with Crippen molar-refractivity contribution in [3.8, 4) is 5.75 Å². The van der Waals surface area contributed by atoms with Crippen molar-refractivity contribution in [2.24, 2.45) is 0 Å². The molecular weight excluding hydrogens is 453 g/mol. The molecule has 0 aliphatic rings. The molecule has 6 nitrogen and oxygen atoms in total. The van der Waals surface area contributed by atoms with Crippen molar-refractivity contribution in [2.75, 3.05) is 5.32 Å². The quantitative estimate of drug-likeness (QED) is 0.465. The van der Waals surface area contributed by atoms with Crippen LogP contribution in [0.4, 0.5) is 5.95 Å². The molecule has 0 saturated heterocycles. The van der Waals surface area contributed by atoms with E-state index in [1.54, 1.807) is 29.0 Å². The summed E-state index contributed by atoms with van der Waals surface area (Å²) in [6, 6.07) is 11.1. The summed E-state index contributed by atoms with van der Waals surface area (Å²) in [7, 11) is 0. The average Bonchev–Trinajstić information content (AvgIpc) is 3.08. The van der Waals surface area contributed by atoms with Gasteiger partial charge in [0.15, 0.2) is 0 Å². The van der Waals surface area contributed by atoms with Crippen LogP contribution in [0.25, 0.3) is 0 Å². The fourth-order valence-electron chi connectivity index (χ4n) is 2.40. The van der Waals surface area contributed by atoms with Crippen LogP contribution in [-0.4, -0.2) is 20.2 Å². The lowest BCUT2D eigenvalue weighted by molar-refractivity contribution is 0.303. The van der Waals surface area contributed by atoms with Gasteiger partial charge >= 0.3 is 0 Å². The highest BCUT2D eigenvalue weighted by Crippen LogP contribution is 2.28. The van der Waals surface area contributed by atoms with Crippen LogP contribution in [0.1, 0.15) is 11.1 Å². The maximum atomic E-state index is 6.22. The van der Waals surface area contributed by atoms with Gasteiger partial charge in [0.1, 0.15) is 12.4 Å². The van der Waals surface area contributed by atoms with E-state index in [4.69, 9.17) is 27.9 Å². The number of benzene rings is 2. The molecule has 0 saturated carbocycles. The van der Waals surface area contributed by atoms with Crippen molar-refractivity contribution in [1.29, 1.82) is 0 Å². The Bertz CT molecular complexity index is 927. The number of allylic oxidation sites excluding steroid dienone is 1. The van der Waals surface area contributed by atoms with Gasteiger partial charge in [0.2, 0.25) is 5.95 Å². The lowest BCUT2D eigenvalue weighted by Gasteiger charge is -2.14. The Morgan fingerprint density at radius 1 is 1.22 bits per heavy atom. The molecule has 0 radical (unpaired) electrons. The number of tetrazole rings is 1. The maximum absolute atomic E-state index is 6.22. The summed E-state index contributed by atoms with van der Waals surface area (Å²) < 4.78 is 8.54. The average molecular weight is 469 g/mol. The van der Waals surface area contributed by atoms with Gasteiger partial charge in [0.05, 0.1) is 6.54 Å². The van der Waals surface area contributed by atoms with Crippen LogP contribution in [0.2, 0.25) is 10.0 Å². The highest BCUT2D eigenvalue weighted by atomic mass is 79.9. The van der Waals surface area contributed by atoms with E-state index in [1.807, 2.05) is 18.2 Å². The number of nitrogens with one attached hydrogen (secondary N) is 1. The van der Waals surface area contributed by atoms with Crippen molar-refractivity contribution in [3.05, 3.63) is 74.7 Å². The first-order chi connectivity index (χ1) is 13.1. The Morgan fingerprint density at radius 3 is 2.74 bits per heavy atom. The van der Waals surface area contributed by atoms with E-state index in [2.05, 4.69) is 43.4 Å². The molecular formula is C18H16BrCl2N5O. The Morgan fingerprint density at radius 2 is 2.00 bits per heavy atom. The monoisotopic (exact) mass is 467 g/mol. The van der Waals surface area contributed by atoms with Crippen LogP contribution in [0.5, 0.6) is 5.75 Å². The van der Waals surface area contributed by atoms with E-state index in [0.717, 1.165) is 15.6 Å². The second-order valence-corrected chi connectivity index (χ2v) is 7.30. The molecule has 0 aliphatic heterocycles. The molecule has 0 spiro atoms. The highest BCUT2D eigenvalue weighted by Gasteiger charge is 2.11. The van der Waals surface area contributed by atoms with Crippen LogP contribution in [0.3, 0.4) is 0 Å². The molecule has 1 heterocycles. The smallest absolute Gasteiger partial charge is 0.243 e. The van der Waals surface area contributed by atoms with Crippen LogP contribution in [0.15, 0.2) is 53.5 Å². The number of aromatic nitrogens is 4. The first kappa shape index (κ1) is 19.7. The SMILES string of the molecule is C=CCn1nnnc1NCc1cc(Br)ccc1OCc1c(Cl)cccc1Cl. The molecule has 140 valence electrons. The van der Waals surface area contributed by atoms with E-state index in [-0.39, 0.29) is 6.61 Å². The molecule has 1 N–H and O–H groups in total. The predicted molar refractivity (Wildman–Crippen MR) is 110 cm³/mol. The fraction of sp³-hybridized carbons (Fsp3) is 0.167. The molecule has 9 heteroatoms. The van der Waals surface area contributed by atoms with Gasteiger partial charge < -0.3 is 10.1 Å².